The third-order valence-corrected chi connectivity index (χ3v) is 3.19. The second-order valence-electron chi connectivity index (χ2n) is 4.44. The van der Waals surface area contributed by atoms with Gasteiger partial charge in [0.05, 0.1) is 0 Å². The average molecular weight is 185 g/mol. The summed E-state index contributed by atoms with van der Waals surface area (Å²) in [7, 11) is 1.91. The van der Waals surface area contributed by atoms with Crippen molar-refractivity contribution in [3.05, 3.63) is 0 Å². The predicted octanol–water partition coefficient (Wildman–Crippen LogP) is 2.09. The first-order valence-corrected chi connectivity index (χ1v) is 5.05. The first-order valence-electron chi connectivity index (χ1n) is 5.05. The van der Waals surface area contributed by atoms with E-state index >= 15 is 0 Å². The lowest BCUT2D eigenvalue weighted by molar-refractivity contribution is -0.131. The van der Waals surface area contributed by atoms with E-state index in [9.17, 15) is 4.79 Å². The minimum Gasteiger partial charge on any atom is -0.319 e. The van der Waals surface area contributed by atoms with Crippen LogP contribution in [-0.2, 0) is 4.79 Å². The van der Waals surface area contributed by atoms with Crippen LogP contribution in [0.2, 0.25) is 0 Å². The van der Waals surface area contributed by atoms with Crippen LogP contribution in [0.5, 0.6) is 0 Å². The molecule has 0 bridgehead atoms. The zero-order chi connectivity index (χ0) is 10.6. The number of Topliss-reactive ketones (excluding diaryl/α,β-unsaturated/α-hetero) is 1. The Labute approximate surface area is 82.1 Å². The van der Waals surface area contributed by atoms with E-state index in [-0.39, 0.29) is 5.41 Å². The highest BCUT2D eigenvalue weighted by atomic mass is 16.1. The second-order valence-corrected chi connectivity index (χ2v) is 4.44. The number of hydrogen-bond donors (Lipinski definition) is 1. The second kappa shape index (κ2) is 4.75. The van der Waals surface area contributed by atoms with Crippen molar-refractivity contribution >= 4 is 5.78 Å². The molecule has 78 valence electrons. The SMILES string of the molecule is CNCC(C(C)=O)(C(C)C)C(C)C. The van der Waals surface area contributed by atoms with Crippen LogP contribution < -0.4 is 5.32 Å². The van der Waals surface area contributed by atoms with Gasteiger partial charge in [-0.05, 0) is 25.8 Å². The van der Waals surface area contributed by atoms with Crippen molar-refractivity contribution in [2.24, 2.45) is 17.3 Å². The van der Waals surface area contributed by atoms with Gasteiger partial charge in [0.1, 0.15) is 5.78 Å². The molecule has 0 radical (unpaired) electrons. The van der Waals surface area contributed by atoms with Gasteiger partial charge >= 0.3 is 0 Å². The number of nitrogens with one attached hydrogen (secondary N) is 1. The Hall–Kier alpha value is -0.370. The normalized spacial score (nSPS) is 12.6. The highest BCUT2D eigenvalue weighted by Gasteiger charge is 2.40. The van der Waals surface area contributed by atoms with E-state index in [1.807, 2.05) is 7.05 Å². The van der Waals surface area contributed by atoms with Crippen molar-refractivity contribution in [3.8, 4) is 0 Å². The zero-order valence-electron chi connectivity index (χ0n) is 9.77. The van der Waals surface area contributed by atoms with Crippen molar-refractivity contribution in [1.29, 1.82) is 0 Å². The van der Waals surface area contributed by atoms with E-state index in [2.05, 4.69) is 33.0 Å². The number of carbonyl (C=O) groups excluding carboxylic acids is 1. The molecular formula is C11H23NO. The molecule has 0 spiro atoms. The lowest BCUT2D eigenvalue weighted by Crippen LogP contribution is -2.47. The molecule has 0 aliphatic heterocycles. The topological polar surface area (TPSA) is 29.1 Å². The van der Waals surface area contributed by atoms with Gasteiger partial charge in [-0.1, -0.05) is 27.7 Å². The van der Waals surface area contributed by atoms with Gasteiger partial charge in [0.15, 0.2) is 0 Å². The predicted molar refractivity (Wildman–Crippen MR) is 56.7 cm³/mol. The van der Waals surface area contributed by atoms with Crippen LogP contribution in [0.4, 0.5) is 0 Å². The van der Waals surface area contributed by atoms with Crippen LogP contribution in [0.25, 0.3) is 0 Å². The summed E-state index contributed by atoms with van der Waals surface area (Å²) < 4.78 is 0. The van der Waals surface area contributed by atoms with Crippen molar-refractivity contribution in [2.75, 3.05) is 13.6 Å². The first-order chi connectivity index (χ1) is 5.89. The van der Waals surface area contributed by atoms with E-state index in [0.717, 1.165) is 6.54 Å². The molecule has 1 N–H and O–H groups in total. The van der Waals surface area contributed by atoms with E-state index in [1.165, 1.54) is 0 Å². The van der Waals surface area contributed by atoms with Crippen LogP contribution in [0.1, 0.15) is 34.6 Å². The van der Waals surface area contributed by atoms with E-state index in [0.29, 0.717) is 17.6 Å². The van der Waals surface area contributed by atoms with E-state index in [4.69, 9.17) is 0 Å². The maximum Gasteiger partial charge on any atom is 0.137 e. The lowest BCUT2D eigenvalue weighted by atomic mass is 9.66. The molecular weight excluding hydrogens is 162 g/mol. The fourth-order valence-corrected chi connectivity index (χ4v) is 2.30. The van der Waals surface area contributed by atoms with Crippen LogP contribution in [0.15, 0.2) is 0 Å². The van der Waals surface area contributed by atoms with Crippen LogP contribution >= 0.6 is 0 Å². The summed E-state index contributed by atoms with van der Waals surface area (Å²) in [4.78, 5) is 11.7. The highest BCUT2D eigenvalue weighted by molar-refractivity contribution is 5.83. The third-order valence-electron chi connectivity index (χ3n) is 3.19. The molecule has 0 atom stereocenters. The fraction of sp³-hybridized carbons (Fsp3) is 0.909. The molecule has 0 aromatic carbocycles. The van der Waals surface area contributed by atoms with Gasteiger partial charge in [-0.3, -0.25) is 4.79 Å². The summed E-state index contributed by atoms with van der Waals surface area (Å²) in [5.74, 6) is 1.07. The quantitative estimate of drug-likeness (QED) is 0.710. The number of hydrogen-bond acceptors (Lipinski definition) is 2. The largest absolute Gasteiger partial charge is 0.319 e. The molecule has 0 amide bonds. The fourth-order valence-electron chi connectivity index (χ4n) is 2.30. The molecule has 0 aromatic rings. The number of ketones is 1. The molecule has 0 aliphatic carbocycles. The maximum absolute atomic E-state index is 11.7. The number of rotatable bonds is 5. The van der Waals surface area contributed by atoms with Gasteiger partial charge in [-0.15, -0.1) is 0 Å². The van der Waals surface area contributed by atoms with Gasteiger partial charge in [-0.25, -0.2) is 0 Å². The Bertz CT molecular complexity index is 165. The molecule has 0 fully saturated rings. The Balaban J connectivity index is 4.93. The smallest absolute Gasteiger partial charge is 0.137 e. The number of carbonyl (C=O) groups is 1. The average Bonchev–Trinajstić information content (AvgIpc) is 1.97. The minimum atomic E-state index is -0.200. The summed E-state index contributed by atoms with van der Waals surface area (Å²) in [6.07, 6.45) is 0. The zero-order valence-corrected chi connectivity index (χ0v) is 9.77. The molecule has 0 aromatic heterocycles. The van der Waals surface area contributed by atoms with Gasteiger partial charge in [0, 0.05) is 12.0 Å². The summed E-state index contributed by atoms with van der Waals surface area (Å²) >= 11 is 0. The molecule has 13 heavy (non-hydrogen) atoms. The maximum atomic E-state index is 11.7. The Kier molecular flexibility index (Phi) is 4.62. The molecule has 0 saturated carbocycles. The van der Waals surface area contributed by atoms with Gasteiger partial charge in [0.25, 0.3) is 0 Å². The molecule has 0 aliphatic rings. The Morgan fingerprint density at radius 2 is 1.62 bits per heavy atom. The van der Waals surface area contributed by atoms with Crippen molar-refractivity contribution in [1.82, 2.24) is 5.32 Å². The molecule has 2 heteroatoms. The van der Waals surface area contributed by atoms with E-state index < -0.39 is 0 Å². The van der Waals surface area contributed by atoms with Gasteiger partial charge in [-0.2, -0.15) is 0 Å². The molecule has 0 heterocycles. The van der Waals surface area contributed by atoms with Gasteiger partial charge < -0.3 is 5.32 Å². The summed E-state index contributed by atoms with van der Waals surface area (Å²) in [5.41, 5.74) is -0.200. The van der Waals surface area contributed by atoms with Crippen LogP contribution in [0.3, 0.4) is 0 Å². The molecule has 2 nitrogen and oxygen atoms in total. The third kappa shape index (κ3) is 2.31. The summed E-state index contributed by atoms with van der Waals surface area (Å²) in [6.45, 7) is 11.0. The van der Waals surface area contributed by atoms with Crippen LogP contribution in [-0.4, -0.2) is 19.4 Å². The monoisotopic (exact) mass is 185 g/mol. The molecule has 0 saturated heterocycles. The van der Waals surface area contributed by atoms with Crippen molar-refractivity contribution in [2.45, 2.75) is 34.6 Å². The summed E-state index contributed by atoms with van der Waals surface area (Å²) in [6, 6.07) is 0. The standard InChI is InChI=1S/C11H23NO/c1-8(2)11(7-12-6,9(3)4)10(5)13/h8-9,12H,7H2,1-6H3. The minimum absolute atomic E-state index is 0.200. The van der Waals surface area contributed by atoms with Crippen LogP contribution in [0, 0.1) is 17.3 Å². The Morgan fingerprint density at radius 1 is 1.23 bits per heavy atom. The van der Waals surface area contributed by atoms with Crippen molar-refractivity contribution < 1.29 is 4.79 Å². The summed E-state index contributed by atoms with van der Waals surface area (Å²) in [5, 5.41) is 3.13. The lowest BCUT2D eigenvalue weighted by Gasteiger charge is -2.39. The molecule has 0 rings (SSSR count). The van der Waals surface area contributed by atoms with Gasteiger partial charge in [0.2, 0.25) is 0 Å². The van der Waals surface area contributed by atoms with E-state index in [1.54, 1.807) is 6.92 Å². The Morgan fingerprint density at radius 3 is 1.69 bits per heavy atom. The highest BCUT2D eigenvalue weighted by Crippen LogP contribution is 2.36. The molecule has 0 unspecified atom stereocenters. The first kappa shape index (κ1) is 12.6. The van der Waals surface area contributed by atoms with Crippen molar-refractivity contribution in [3.63, 3.8) is 0 Å².